The number of nitrogens with one attached hydrogen (secondary N) is 2. The van der Waals surface area contributed by atoms with Crippen molar-refractivity contribution in [2.45, 2.75) is 65.1 Å². The summed E-state index contributed by atoms with van der Waals surface area (Å²) in [4.78, 5) is 25.8. The smallest absolute Gasteiger partial charge is 0.251 e. The third kappa shape index (κ3) is 5.43. The maximum atomic E-state index is 13.1. The third-order valence-corrected chi connectivity index (χ3v) is 8.68. The van der Waals surface area contributed by atoms with E-state index in [-0.39, 0.29) is 52.8 Å². The van der Waals surface area contributed by atoms with Crippen molar-refractivity contribution in [2.75, 3.05) is 0 Å². The summed E-state index contributed by atoms with van der Waals surface area (Å²) >= 11 is 0. The van der Waals surface area contributed by atoms with Gasteiger partial charge in [0, 0.05) is 24.1 Å². The molecular weight excluding hydrogens is 443 g/mol. The molecule has 0 saturated heterocycles. The van der Waals surface area contributed by atoms with E-state index in [1.54, 1.807) is 12.1 Å². The average molecular weight is 481 g/mol. The standard InChI is InChI=1S/C29H37FN2O3/c1-18(27(34)31-17-20-9-11-22(30)12-10-20)23-13-15-29(3)16-14-24(19(2)25(29)26(23)33)32-28(35)21-7-5-4-6-8-21/h4-12,18-19,23-26,33H,13-17H2,1-3H3,(H,31,34)(H,32,35)/t18-,19-,23-,24-,25+,26-,29+/m0/s1. The summed E-state index contributed by atoms with van der Waals surface area (Å²) in [6, 6.07) is 15.3. The van der Waals surface area contributed by atoms with Gasteiger partial charge in [-0.05, 0) is 78.7 Å². The van der Waals surface area contributed by atoms with Gasteiger partial charge in [-0.25, -0.2) is 4.39 Å². The van der Waals surface area contributed by atoms with Crippen molar-refractivity contribution in [3.8, 4) is 0 Å². The Morgan fingerprint density at radius 3 is 2.43 bits per heavy atom. The van der Waals surface area contributed by atoms with Crippen LogP contribution >= 0.6 is 0 Å². The van der Waals surface area contributed by atoms with Crippen LogP contribution < -0.4 is 10.6 Å². The zero-order valence-corrected chi connectivity index (χ0v) is 20.8. The van der Waals surface area contributed by atoms with Crippen molar-refractivity contribution in [1.29, 1.82) is 0 Å². The molecule has 0 aromatic heterocycles. The number of fused-ring (bicyclic) bond motifs is 1. The lowest BCUT2D eigenvalue weighted by Crippen LogP contribution is -2.58. The SMILES string of the molecule is C[C@@H]1[C@@H]2[C@@H](O)[C@H]([C@H](C)C(=O)NCc3ccc(F)cc3)CC[C@]2(C)CC[C@@H]1NC(=O)c1ccccc1. The molecule has 0 bridgehead atoms. The van der Waals surface area contributed by atoms with Gasteiger partial charge in [-0.15, -0.1) is 0 Å². The number of hydrogen-bond acceptors (Lipinski definition) is 3. The molecule has 0 unspecified atom stereocenters. The molecule has 2 saturated carbocycles. The molecule has 7 atom stereocenters. The molecule has 0 spiro atoms. The molecule has 188 valence electrons. The maximum Gasteiger partial charge on any atom is 0.251 e. The fraction of sp³-hybridized carbons (Fsp3) is 0.517. The number of aliphatic hydroxyl groups is 1. The number of amides is 2. The van der Waals surface area contributed by atoms with Crippen molar-refractivity contribution in [2.24, 2.45) is 29.1 Å². The minimum absolute atomic E-state index is 0.00317. The Morgan fingerprint density at radius 1 is 1.09 bits per heavy atom. The van der Waals surface area contributed by atoms with Gasteiger partial charge in [-0.1, -0.05) is 51.1 Å². The van der Waals surface area contributed by atoms with Crippen molar-refractivity contribution >= 4 is 11.8 Å². The molecule has 2 aromatic rings. The summed E-state index contributed by atoms with van der Waals surface area (Å²) in [7, 11) is 0. The van der Waals surface area contributed by atoms with E-state index in [1.165, 1.54) is 12.1 Å². The first-order chi connectivity index (χ1) is 16.7. The summed E-state index contributed by atoms with van der Waals surface area (Å²) < 4.78 is 13.1. The highest BCUT2D eigenvalue weighted by Gasteiger charge is 2.53. The van der Waals surface area contributed by atoms with Gasteiger partial charge in [-0.3, -0.25) is 9.59 Å². The van der Waals surface area contributed by atoms with Crippen molar-refractivity contribution in [3.63, 3.8) is 0 Å². The van der Waals surface area contributed by atoms with E-state index in [9.17, 15) is 19.1 Å². The molecule has 6 heteroatoms. The molecule has 2 amide bonds. The molecule has 0 radical (unpaired) electrons. The van der Waals surface area contributed by atoms with Gasteiger partial charge in [0.05, 0.1) is 6.10 Å². The minimum Gasteiger partial charge on any atom is -0.392 e. The molecular formula is C29H37FN2O3. The van der Waals surface area contributed by atoms with E-state index in [0.29, 0.717) is 12.1 Å². The van der Waals surface area contributed by atoms with Crippen LogP contribution in [0.4, 0.5) is 4.39 Å². The predicted molar refractivity (Wildman–Crippen MR) is 134 cm³/mol. The van der Waals surface area contributed by atoms with Crippen LogP contribution in [0.3, 0.4) is 0 Å². The monoisotopic (exact) mass is 480 g/mol. The highest BCUT2D eigenvalue weighted by molar-refractivity contribution is 5.94. The molecule has 2 aliphatic rings. The molecule has 35 heavy (non-hydrogen) atoms. The van der Waals surface area contributed by atoms with E-state index in [4.69, 9.17) is 0 Å². The largest absolute Gasteiger partial charge is 0.392 e. The molecule has 2 fully saturated rings. The molecule has 4 rings (SSSR count). The number of halogens is 1. The van der Waals surface area contributed by atoms with Gasteiger partial charge in [0.2, 0.25) is 5.91 Å². The summed E-state index contributed by atoms with van der Waals surface area (Å²) in [6.07, 6.45) is 2.96. The lowest BCUT2D eigenvalue weighted by atomic mass is 9.51. The van der Waals surface area contributed by atoms with Crippen molar-refractivity contribution in [3.05, 3.63) is 71.5 Å². The van der Waals surface area contributed by atoms with Gasteiger partial charge >= 0.3 is 0 Å². The molecule has 5 nitrogen and oxygen atoms in total. The third-order valence-electron chi connectivity index (χ3n) is 8.68. The van der Waals surface area contributed by atoms with E-state index in [0.717, 1.165) is 31.2 Å². The van der Waals surface area contributed by atoms with Gasteiger partial charge in [-0.2, -0.15) is 0 Å². The fourth-order valence-corrected chi connectivity index (χ4v) is 6.49. The Labute approximate surface area is 207 Å². The zero-order valence-electron chi connectivity index (χ0n) is 20.8. The molecule has 2 aliphatic carbocycles. The second-order valence-corrected chi connectivity index (χ2v) is 10.8. The highest BCUT2D eigenvalue weighted by Crippen LogP contribution is 2.55. The Morgan fingerprint density at radius 2 is 1.74 bits per heavy atom. The molecule has 3 N–H and O–H groups in total. The Hall–Kier alpha value is -2.73. The summed E-state index contributed by atoms with van der Waals surface area (Å²) in [6.45, 7) is 6.60. The second kappa shape index (κ2) is 10.5. The number of benzene rings is 2. The van der Waals surface area contributed by atoms with Crippen molar-refractivity contribution in [1.82, 2.24) is 10.6 Å². The van der Waals surface area contributed by atoms with Gasteiger partial charge in [0.25, 0.3) is 5.91 Å². The minimum atomic E-state index is -0.619. The number of aliphatic hydroxyl groups excluding tert-OH is 1. The maximum absolute atomic E-state index is 13.1. The summed E-state index contributed by atoms with van der Waals surface area (Å²) in [5.41, 5.74) is 1.47. The first kappa shape index (κ1) is 25.4. The Balaban J connectivity index is 1.41. The lowest BCUT2D eigenvalue weighted by Gasteiger charge is -2.56. The van der Waals surface area contributed by atoms with E-state index in [2.05, 4.69) is 24.5 Å². The van der Waals surface area contributed by atoms with Crippen molar-refractivity contribution < 1.29 is 19.1 Å². The predicted octanol–water partition coefficient (Wildman–Crippen LogP) is 4.70. The van der Waals surface area contributed by atoms with Crippen LogP contribution in [-0.2, 0) is 11.3 Å². The van der Waals surface area contributed by atoms with Crippen LogP contribution in [-0.4, -0.2) is 29.1 Å². The van der Waals surface area contributed by atoms with Crippen LogP contribution in [0.5, 0.6) is 0 Å². The van der Waals surface area contributed by atoms with E-state index >= 15 is 0 Å². The van der Waals surface area contributed by atoms with Crippen LogP contribution in [0.15, 0.2) is 54.6 Å². The van der Waals surface area contributed by atoms with Crippen LogP contribution in [0, 0.1) is 34.9 Å². The van der Waals surface area contributed by atoms with Crippen LogP contribution in [0.2, 0.25) is 0 Å². The number of hydrogen-bond donors (Lipinski definition) is 3. The number of carbonyl (C=O) groups excluding carboxylic acids is 2. The molecule has 0 heterocycles. The molecule has 0 aliphatic heterocycles. The zero-order chi connectivity index (χ0) is 25.2. The highest BCUT2D eigenvalue weighted by atomic mass is 19.1. The average Bonchev–Trinajstić information content (AvgIpc) is 2.85. The second-order valence-electron chi connectivity index (χ2n) is 10.8. The van der Waals surface area contributed by atoms with E-state index in [1.807, 2.05) is 37.3 Å². The first-order valence-electron chi connectivity index (χ1n) is 12.8. The molecule has 2 aromatic carbocycles. The quantitative estimate of drug-likeness (QED) is 0.561. The normalized spacial score (nSPS) is 31.2. The Kier molecular flexibility index (Phi) is 7.60. The summed E-state index contributed by atoms with van der Waals surface area (Å²) in [5.74, 6) is -0.881. The van der Waals surface area contributed by atoms with Gasteiger partial charge < -0.3 is 15.7 Å². The first-order valence-corrected chi connectivity index (χ1v) is 12.8. The van der Waals surface area contributed by atoms with Crippen LogP contribution in [0.25, 0.3) is 0 Å². The fourth-order valence-electron chi connectivity index (χ4n) is 6.49. The number of carbonyl (C=O) groups is 2. The number of rotatable bonds is 6. The van der Waals surface area contributed by atoms with Crippen LogP contribution in [0.1, 0.15) is 62.4 Å². The lowest BCUT2D eigenvalue weighted by molar-refractivity contribution is -0.142. The topological polar surface area (TPSA) is 78.4 Å². The van der Waals surface area contributed by atoms with Gasteiger partial charge in [0.15, 0.2) is 0 Å². The Bertz CT molecular complexity index is 1030. The van der Waals surface area contributed by atoms with Gasteiger partial charge in [0.1, 0.15) is 5.82 Å². The summed E-state index contributed by atoms with van der Waals surface area (Å²) in [5, 5.41) is 17.7. The van der Waals surface area contributed by atoms with E-state index < -0.39 is 6.10 Å².